The van der Waals surface area contributed by atoms with Gasteiger partial charge in [-0.3, -0.25) is 0 Å². The number of ether oxygens (including phenoxy) is 4. The highest BCUT2D eigenvalue weighted by Gasteiger charge is 2.44. The van der Waals surface area contributed by atoms with E-state index in [1.165, 1.54) is 12.8 Å². The average molecular weight is 364 g/mol. The van der Waals surface area contributed by atoms with E-state index in [2.05, 4.69) is 12.1 Å². The molecule has 1 N–H and O–H groups in total. The molecule has 0 bridgehead atoms. The summed E-state index contributed by atoms with van der Waals surface area (Å²) in [6.45, 7) is 0.103. The summed E-state index contributed by atoms with van der Waals surface area (Å²) in [6, 6.07) is 6.09. The van der Waals surface area contributed by atoms with Gasteiger partial charge >= 0.3 is 0 Å². The van der Waals surface area contributed by atoms with Crippen LogP contribution in [-0.4, -0.2) is 44.9 Å². The molecular weight excluding hydrogens is 332 g/mol. The number of aliphatic hydroxyl groups excluding tert-OH is 1. The van der Waals surface area contributed by atoms with Gasteiger partial charge in [-0.15, -0.1) is 0 Å². The second-order valence-corrected chi connectivity index (χ2v) is 7.65. The first-order valence-corrected chi connectivity index (χ1v) is 9.67. The number of methoxy groups -OCH3 is 3. The average Bonchev–Trinajstić information content (AvgIpc) is 3.21. The highest BCUT2D eigenvalue weighted by Crippen LogP contribution is 2.46. The molecule has 0 spiro atoms. The number of rotatable bonds is 7. The molecule has 146 valence electrons. The molecule has 0 radical (unpaired) electrons. The maximum absolute atomic E-state index is 10.3. The molecule has 5 nitrogen and oxygen atoms in total. The van der Waals surface area contributed by atoms with Gasteiger partial charge in [0.05, 0.1) is 19.8 Å². The van der Waals surface area contributed by atoms with Crippen LogP contribution in [0.15, 0.2) is 18.2 Å². The van der Waals surface area contributed by atoms with Crippen molar-refractivity contribution in [3.63, 3.8) is 0 Å². The Morgan fingerprint density at radius 2 is 1.62 bits per heavy atom. The Hall–Kier alpha value is -1.30. The zero-order valence-corrected chi connectivity index (χ0v) is 16.3. The molecular formula is C21H32O5. The minimum atomic E-state index is -0.533. The van der Waals surface area contributed by atoms with Crippen molar-refractivity contribution < 1.29 is 24.1 Å². The second kappa shape index (κ2) is 8.15. The van der Waals surface area contributed by atoms with Crippen LogP contribution in [0.1, 0.15) is 56.9 Å². The fourth-order valence-electron chi connectivity index (χ4n) is 4.42. The van der Waals surface area contributed by atoms with Crippen LogP contribution in [0.25, 0.3) is 0 Å². The zero-order valence-electron chi connectivity index (χ0n) is 16.3. The first-order valence-electron chi connectivity index (χ1n) is 9.67. The van der Waals surface area contributed by atoms with Crippen molar-refractivity contribution >= 4 is 0 Å². The monoisotopic (exact) mass is 364 g/mol. The summed E-state index contributed by atoms with van der Waals surface area (Å²) in [5.41, 5.74) is 0.815. The third-order valence-electron chi connectivity index (χ3n) is 6.39. The van der Waals surface area contributed by atoms with Crippen LogP contribution in [0.3, 0.4) is 0 Å². The predicted molar refractivity (Wildman–Crippen MR) is 99.9 cm³/mol. The molecule has 1 aromatic rings. The maximum atomic E-state index is 10.3. The van der Waals surface area contributed by atoms with Crippen molar-refractivity contribution in [3.05, 3.63) is 23.8 Å². The van der Waals surface area contributed by atoms with E-state index in [-0.39, 0.29) is 18.1 Å². The minimum absolute atomic E-state index is 0.103. The van der Waals surface area contributed by atoms with Crippen molar-refractivity contribution in [1.82, 2.24) is 0 Å². The lowest BCUT2D eigenvalue weighted by molar-refractivity contribution is -0.230. The zero-order chi connectivity index (χ0) is 18.6. The molecule has 0 unspecified atom stereocenters. The van der Waals surface area contributed by atoms with Gasteiger partial charge in [0.1, 0.15) is 0 Å². The summed E-state index contributed by atoms with van der Waals surface area (Å²) in [4.78, 5) is 0. The van der Waals surface area contributed by atoms with E-state index < -0.39 is 5.79 Å². The van der Waals surface area contributed by atoms with Crippen molar-refractivity contribution in [1.29, 1.82) is 0 Å². The van der Waals surface area contributed by atoms with Gasteiger partial charge in [0.15, 0.2) is 17.3 Å². The van der Waals surface area contributed by atoms with Crippen molar-refractivity contribution in [2.75, 3.05) is 27.9 Å². The highest BCUT2D eigenvalue weighted by atomic mass is 16.7. The largest absolute Gasteiger partial charge is 0.493 e. The van der Waals surface area contributed by atoms with Crippen molar-refractivity contribution in [3.8, 4) is 11.5 Å². The van der Waals surface area contributed by atoms with Crippen LogP contribution in [0.5, 0.6) is 11.5 Å². The standard InChI is InChI=1S/C21H32O5/c1-23-18-9-8-16(14-19(18)26-17-6-4-5-7-17)20(15-22)10-12-21(24-2,25-3)13-11-20/h8-9,14,17,22H,4-7,10-13,15H2,1-3H3. The Labute approximate surface area is 156 Å². The lowest BCUT2D eigenvalue weighted by Crippen LogP contribution is -2.45. The summed E-state index contributed by atoms with van der Waals surface area (Å²) < 4.78 is 23.0. The number of hydrogen-bond donors (Lipinski definition) is 1. The quantitative estimate of drug-likeness (QED) is 0.746. The summed E-state index contributed by atoms with van der Waals surface area (Å²) in [5.74, 6) is 1.02. The molecule has 5 heteroatoms. The van der Waals surface area contributed by atoms with Crippen LogP contribution in [0, 0.1) is 0 Å². The molecule has 0 saturated heterocycles. The molecule has 2 aliphatic carbocycles. The Bertz CT molecular complexity index is 580. The third-order valence-corrected chi connectivity index (χ3v) is 6.39. The Balaban J connectivity index is 1.84. The Kier molecular flexibility index (Phi) is 6.10. The minimum Gasteiger partial charge on any atom is -0.493 e. The summed E-state index contributed by atoms with van der Waals surface area (Å²) in [6.07, 6.45) is 8.04. The molecule has 2 aliphatic rings. The Morgan fingerprint density at radius 1 is 0.962 bits per heavy atom. The molecule has 2 fully saturated rings. The van der Waals surface area contributed by atoms with E-state index in [0.717, 1.165) is 55.6 Å². The highest BCUT2D eigenvalue weighted by molar-refractivity contribution is 5.46. The molecule has 0 aromatic heterocycles. The predicted octanol–water partition coefficient (Wildman–Crippen LogP) is 3.81. The summed E-state index contributed by atoms with van der Waals surface area (Å²) >= 11 is 0. The molecule has 1 aromatic carbocycles. The summed E-state index contributed by atoms with van der Waals surface area (Å²) in [7, 11) is 5.05. The first kappa shape index (κ1) is 19.5. The van der Waals surface area contributed by atoms with Gasteiger partial charge in [-0.25, -0.2) is 0 Å². The summed E-state index contributed by atoms with van der Waals surface area (Å²) in [5, 5.41) is 10.3. The number of aliphatic hydroxyl groups is 1. The molecule has 0 aliphatic heterocycles. The normalized spacial score (nSPS) is 22.3. The molecule has 0 heterocycles. The first-order chi connectivity index (χ1) is 12.6. The molecule has 0 amide bonds. The van der Waals surface area contributed by atoms with Crippen LogP contribution in [0.4, 0.5) is 0 Å². The van der Waals surface area contributed by atoms with E-state index in [1.54, 1.807) is 21.3 Å². The van der Waals surface area contributed by atoms with Crippen LogP contribution in [0.2, 0.25) is 0 Å². The van der Waals surface area contributed by atoms with E-state index in [0.29, 0.717) is 0 Å². The fourth-order valence-corrected chi connectivity index (χ4v) is 4.42. The van der Waals surface area contributed by atoms with Gasteiger partial charge < -0.3 is 24.1 Å². The third kappa shape index (κ3) is 3.71. The van der Waals surface area contributed by atoms with Gasteiger partial charge in [-0.2, -0.15) is 0 Å². The topological polar surface area (TPSA) is 57.2 Å². The van der Waals surface area contributed by atoms with E-state index in [9.17, 15) is 5.11 Å². The van der Waals surface area contributed by atoms with E-state index >= 15 is 0 Å². The number of benzene rings is 1. The van der Waals surface area contributed by atoms with Gasteiger partial charge in [-0.05, 0) is 56.2 Å². The van der Waals surface area contributed by atoms with Gasteiger partial charge in [0, 0.05) is 32.5 Å². The molecule has 26 heavy (non-hydrogen) atoms. The van der Waals surface area contributed by atoms with Crippen LogP contribution < -0.4 is 9.47 Å². The van der Waals surface area contributed by atoms with Crippen LogP contribution in [-0.2, 0) is 14.9 Å². The second-order valence-electron chi connectivity index (χ2n) is 7.65. The Morgan fingerprint density at radius 3 is 2.15 bits per heavy atom. The van der Waals surface area contributed by atoms with Crippen molar-refractivity contribution in [2.24, 2.45) is 0 Å². The lowest BCUT2D eigenvalue weighted by atomic mass is 9.68. The molecule has 0 atom stereocenters. The van der Waals surface area contributed by atoms with Gasteiger partial charge in [0.25, 0.3) is 0 Å². The SMILES string of the molecule is COc1ccc(C2(CO)CCC(OC)(OC)CC2)cc1OC1CCCC1. The lowest BCUT2D eigenvalue weighted by Gasteiger charge is -2.44. The van der Waals surface area contributed by atoms with E-state index in [4.69, 9.17) is 18.9 Å². The van der Waals surface area contributed by atoms with E-state index in [1.807, 2.05) is 6.07 Å². The van der Waals surface area contributed by atoms with Gasteiger partial charge in [-0.1, -0.05) is 6.07 Å². The van der Waals surface area contributed by atoms with Crippen molar-refractivity contribution in [2.45, 2.75) is 68.7 Å². The van der Waals surface area contributed by atoms with Gasteiger partial charge in [0.2, 0.25) is 0 Å². The fraction of sp³-hybridized carbons (Fsp3) is 0.714. The molecule has 2 saturated carbocycles. The number of hydrogen-bond acceptors (Lipinski definition) is 5. The molecule has 3 rings (SSSR count). The van der Waals surface area contributed by atoms with Crippen LogP contribution >= 0.6 is 0 Å². The maximum Gasteiger partial charge on any atom is 0.167 e. The smallest absolute Gasteiger partial charge is 0.167 e.